The molecular formula is C15H16F3N3O. The molecule has 2 heterocycles. The largest absolute Gasteiger partial charge is 0.338 e. The van der Waals surface area contributed by atoms with Crippen molar-refractivity contribution < 1.29 is 18.0 Å². The number of carbonyl (C=O) groups excluding carboxylic acids is 1. The maximum absolute atomic E-state index is 13.5. The van der Waals surface area contributed by atoms with Crippen LogP contribution in [0, 0.1) is 12.7 Å². The molecular weight excluding hydrogens is 295 g/mol. The fourth-order valence-electron chi connectivity index (χ4n) is 3.13. The summed E-state index contributed by atoms with van der Waals surface area (Å²) in [5.74, 6) is -0.685. The number of benzene rings is 1. The van der Waals surface area contributed by atoms with E-state index >= 15 is 0 Å². The average molecular weight is 311 g/mol. The summed E-state index contributed by atoms with van der Waals surface area (Å²) in [5, 5.41) is 0. The molecule has 0 atom stereocenters. The maximum atomic E-state index is 13.5. The van der Waals surface area contributed by atoms with Crippen LogP contribution in [-0.4, -0.2) is 39.9 Å². The summed E-state index contributed by atoms with van der Waals surface area (Å²) in [6.45, 7) is 2.40. The highest BCUT2D eigenvalue weighted by Crippen LogP contribution is 2.29. The Balaban J connectivity index is 1.83. The fourth-order valence-corrected chi connectivity index (χ4v) is 3.13. The van der Waals surface area contributed by atoms with Crippen LogP contribution in [0.4, 0.5) is 13.2 Å². The average Bonchev–Trinajstić information content (AvgIpc) is 2.82. The molecule has 0 saturated carbocycles. The summed E-state index contributed by atoms with van der Waals surface area (Å²) in [6.07, 6.45) is -1.84. The summed E-state index contributed by atoms with van der Waals surface area (Å²) >= 11 is 0. The Bertz CT molecular complexity index is 705. The number of halogens is 3. The first-order chi connectivity index (χ1) is 10.5. The molecule has 1 aliphatic rings. The van der Waals surface area contributed by atoms with Crippen LogP contribution in [0.25, 0.3) is 11.0 Å². The van der Waals surface area contributed by atoms with E-state index in [4.69, 9.17) is 0 Å². The summed E-state index contributed by atoms with van der Waals surface area (Å²) < 4.78 is 40.3. The molecule has 1 aromatic heterocycles. The van der Waals surface area contributed by atoms with Gasteiger partial charge in [-0.2, -0.15) is 8.78 Å². The molecule has 0 radical (unpaired) electrons. The van der Waals surface area contributed by atoms with Crippen molar-refractivity contribution in [2.75, 3.05) is 13.1 Å². The first-order valence-corrected chi connectivity index (χ1v) is 7.18. The van der Waals surface area contributed by atoms with Crippen molar-refractivity contribution in [1.29, 1.82) is 0 Å². The zero-order chi connectivity index (χ0) is 15.9. The molecule has 0 unspecified atom stereocenters. The number of hydrogen-bond donors (Lipinski definition) is 0. The van der Waals surface area contributed by atoms with Gasteiger partial charge in [-0.1, -0.05) is 0 Å². The molecule has 3 rings (SSSR count). The number of nitrogens with zero attached hydrogens (tertiary/aromatic N) is 3. The third-order valence-electron chi connectivity index (χ3n) is 4.16. The van der Waals surface area contributed by atoms with Crippen molar-refractivity contribution in [1.82, 2.24) is 14.5 Å². The second kappa shape index (κ2) is 5.62. The molecule has 0 bridgehead atoms. The lowest BCUT2D eigenvalue weighted by atomic mass is 10.0. The second-order valence-electron chi connectivity index (χ2n) is 5.52. The lowest BCUT2D eigenvalue weighted by Gasteiger charge is -2.33. The monoisotopic (exact) mass is 311 g/mol. The highest BCUT2D eigenvalue weighted by atomic mass is 19.3. The van der Waals surface area contributed by atoms with Gasteiger partial charge in [-0.25, -0.2) is 9.37 Å². The Morgan fingerprint density at radius 3 is 2.64 bits per heavy atom. The second-order valence-corrected chi connectivity index (χ2v) is 5.52. The van der Waals surface area contributed by atoms with Crippen LogP contribution in [0.5, 0.6) is 0 Å². The van der Waals surface area contributed by atoms with Gasteiger partial charge in [-0.15, -0.1) is 0 Å². The van der Waals surface area contributed by atoms with E-state index in [9.17, 15) is 18.0 Å². The minimum atomic E-state index is -2.96. The summed E-state index contributed by atoms with van der Waals surface area (Å²) in [4.78, 5) is 16.9. The molecule has 1 aromatic carbocycles. The van der Waals surface area contributed by atoms with Gasteiger partial charge in [0.05, 0.1) is 11.0 Å². The van der Waals surface area contributed by atoms with Crippen molar-refractivity contribution in [3.63, 3.8) is 0 Å². The van der Waals surface area contributed by atoms with E-state index in [1.807, 2.05) is 11.5 Å². The Morgan fingerprint density at radius 1 is 1.32 bits per heavy atom. The number of likely N-dealkylation sites (tertiary alicyclic amines) is 1. The van der Waals surface area contributed by atoms with E-state index in [0.717, 1.165) is 5.82 Å². The van der Waals surface area contributed by atoms with Crippen molar-refractivity contribution in [3.05, 3.63) is 29.8 Å². The molecule has 1 aliphatic heterocycles. The molecule has 0 aliphatic carbocycles. The van der Waals surface area contributed by atoms with Gasteiger partial charge in [0, 0.05) is 19.1 Å². The zero-order valence-corrected chi connectivity index (χ0v) is 12.1. The third kappa shape index (κ3) is 2.55. The van der Waals surface area contributed by atoms with Crippen molar-refractivity contribution >= 4 is 16.9 Å². The highest BCUT2D eigenvalue weighted by molar-refractivity contribution is 5.79. The Morgan fingerprint density at radius 2 is 2.00 bits per heavy atom. The Hall–Kier alpha value is -2.05. The van der Waals surface area contributed by atoms with Gasteiger partial charge in [0.1, 0.15) is 11.6 Å². The van der Waals surface area contributed by atoms with Gasteiger partial charge in [0.15, 0.2) is 0 Å². The van der Waals surface area contributed by atoms with Crippen molar-refractivity contribution in [2.45, 2.75) is 32.2 Å². The Labute approximate surface area is 125 Å². The lowest BCUT2D eigenvalue weighted by Crippen LogP contribution is -2.42. The molecule has 118 valence electrons. The van der Waals surface area contributed by atoms with E-state index in [-0.39, 0.29) is 24.9 Å². The number of piperidine rings is 1. The molecule has 2 aromatic rings. The smallest absolute Gasteiger partial charge is 0.315 e. The molecule has 22 heavy (non-hydrogen) atoms. The number of imidazole rings is 1. The zero-order valence-electron chi connectivity index (χ0n) is 12.1. The van der Waals surface area contributed by atoms with Gasteiger partial charge in [0.25, 0.3) is 5.91 Å². The number of alkyl halides is 2. The van der Waals surface area contributed by atoms with E-state index in [2.05, 4.69) is 4.98 Å². The number of hydrogen-bond acceptors (Lipinski definition) is 2. The third-order valence-corrected chi connectivity index (χ3v) is 4.16. The SMILES string of the molecule is Cc1nc2ccc(F)cc2n1C1CCN(C(=O)C(F)F)CC1. The number of aromatic nitrogens is 2. The van der Waals surface area contributed by atoms with Crippen molar-refractivity contribution in [2.24, 2.45) is 0 Å². The number of rotatable bonds is 2. The van der Waals surface area contributed by atoms with E-state index in [1.165, 1.54) is 17.0 Å². The molecule has 4 nitrogen and oxygen atoms in total. The predicted octanol–water partition coefficient (Wildman–Crippen LogP) is 2.91. The van der Waals surface area contributed by atoms with Crippen LogP contribution >= 0.6 is 0 Å². The van der Waals surface area contributed by atoms with Crippen molar-refractivity contribution in [3.8, 4) is 0 Å². The van der Waals surface area contributed by atoms with Crippen LogP contribution < -0.4 is 0 Å². The molecule has 1 amide bonds. The van der Waals surface area contributed by atoms with Crippen LogP contribution in [0.15, 0.2) is 18.2 Å². The minimum absolute atomic E-state index is 0.0357. The van der Waals surface area contributed by atoms with Gasteiger partial charge < -0.3 is 9.47 Å². The minimum Gasteiger partial charge on any atom is -0.338 e. The number of aryl methyl sites for hydroxylation is 1. The van der Waals surface area contributed by atoms with Gasteiger partial charge in [-0.3, -0.25) is 4.79 Å². The predicted molar refractivity (Wildman–Crippen MR) is 75.3 cm³/mol. The summed E-state index contributed by atoms with van der Waals surface area (Å²) in [5.41, 5.74) is 1.42. The number of carbonyl (C=O) groups is 1. The Kier molecular flexibility index (Phi) is 3.80. The standard InChI is InChI=1S/C15H16F3N3O/c1-9-19-12-3-2-10(16)8-13(12)21(9)11-4-6-20(7-5-11)15(22)14(17)18/h2-3,8,11,14H,4-7H2,1H3. The number of fused-ring (bicyclic) bond motifs is 1. The van der Waals surface area contributed by atoms with Crippen LogP contribution in [-0.2, 0) is 4.79 Å². The molecule has 1 saturated heterocycles. The first kappa shape index (κ1) is 14.9. The summed E-state index contributed by atoms with van der Waals surface area (Å²) in [7, 11) is 0. The van der Waals surface area contributed by atoms with E-state index < -0.39 is 12.3 Å². The first-order valence-electron chi connectivity index (χ1n) is 7.18. The van der Waals surface area contributed by atoms with E-state index in [1.54, 1.807) is 6.07 Å². The van der Waals surface area contributed by atoms with Gasteiger partial charge in [-0.05, 0) is 38.0 Å². The van der Waals surface area contributed by atoms with Crippen LogP contribution in [0.2, 0.25) is 0 Å². The van der Waals surface area contributed by atoms with E-state index in [0.29, 0.717) is 23.9 Å². The molecule has 0 N–H and O–H groups in total. The van der Waals surface area contributed by atoms with Crippen LogP contribution in [0.1, 0.15) is 24.7 Å². The molecule has 7 heteroatoms. The maximum Gasteiger partial charge on any atom is 0.315 e. The lowest BCUT2D eigenvalue weighted by molar-refractivity contribution is -0.144. The van der Waals surface area contributed by atoms with Gasteiger partial charge in [0.2, 0.25) is 0 Å². The molecule has 1 fully saturated rings. The fraction of sp³-hybridized carbons (Fsp3) is 0.467. The number of amides is 1. The summed E-state index contributed by atoms with van der Waals surface area (Å²) in [6, 6.07) is 4.46. The molecule has 0 spiro atoms. The quantitative estimate of drug-likeness (QED) is 0.855. The topological polar surface area (TPSA) is 38.1 Å². The van der Waals surface area contributed by atoms with Crippen LogP contribution in [0.3, 0.4) is 0 Å². The highest BCUT2D eigenvalue weighted by Gasteiger charge is 2.29. The van der Waals surface area contributed by atoms with Gasteiger partial charge >= 0.3 is 6.43 Å². The normalized spacial score (nSPS) is 16.7.